The molecule has 1 aromatic heterocycles. The van der Waals surface area contributed by atoms with Crippen LogP contribution in [-0.2, 0) is 11.4 Å². The largest absolute Gasteiger partial charge is 0.492 e. The Balaban J connectivity index is 1.48. The minimum atomic E-state index is -0.284. The van der Waals surface area contributed by atoms with Crippen molar-refractivity contribution >= 4 is 46.6 Å². The summed E-state index contributed by atoms with van der Waals surface area (Å²) in [4.78, 5) is 14.5. The Morgan fingerprint density at radius 3 is 2.58 bits per heavy atom. The molecule has 33 heavy (non-hydrogen) atoms. The molecular formula is C25H23ClN2O4S. The first kappa shape index (κ1) is 22.9. The van der Waals surface area contributed by atoms with E-state index in [1.165, 1.54) is 4.90 Å². The van der Waals surface area contributed by atoms with Crippen LogP contribution in [0.2, 0.25) is 5.02 Å². The SMILES string of the molecule is CCOc1ccccc1N1C(=O)/C(=C\c2ccc(COc3cc(C)c(Cl)c(C)c3)o2)NC1=S. The number of nitrogens with one attached hydrogen (secondary N) is 1. The van der Waals surface area contributed by atoms with Crippen LogP contribution in [0.25, 0.3) is 6.08 Å². The van der Waals surface area contributed by atoms with Gasteiger partial charge in [-0.15, -0.1) is 0 Å². The van der Waals surface area contributed by atoms with Crippen LogP contribution in [-0.4, -0.2) is 17.6 Å². The van der Waals surface area contributed by atoms with Crippen molar-refractivity contribution in [3.05, 3.63) is 81.9 Å². The predicted molar refractivity (Wildman–Crippen MR) is 133 cm³/mol. The van der Waals surface area contributed by atoms with Crippen LogP contribution in [0.1, 0.15) is 29.6 Å². The van der Waals surface area contributed by atoms with Crippen molar-refractivity contribution < 1.29 is 18.7 Å². The Bertz CT molecular complexity index is 1230. The van der Waals surface area contributed by atoms with E-state index in [4.69, 9.17) is 37.7 Å². The van der Waals surface area contributed by atoms with Crippen LogP contribution in [0.4, 0.5) is 5.69 Å². The van der Waals surface area contributed by atoms with Crippen LogP contribution in [0.15, 0.2) is 58.6 Å². The molecule has 1 fully saturated rings. The van der Waals surface area contributed by atoms with Crippen molar-refractivity contribution in [3.63, 3.8) is 0 Å². The van der Waals surface area contributed by atoms with Gasteiger partial charge in [-0.2, -0.15) is 0 Å². The van der Waals surface area contributed by atoms with Gasteiger partial charge in [-0.1, -0.05) is 23.7 Å². The number of furan rings is 1. The van der Waals surface area contributed by atoms with E-state index in [1.54, 1.807) is 24.3 Å². The van der Waals surface area contributed by atoms with Gasteiger partial charge in [0.15, 0.2) is 5.11 Å². The summed E-state index contributed by atoms with van der Waals surface area (Å²) < 4.78 is 17.3. The highest BCUT2D eigenvalue weighted by Gasteiger charge is 2.34. The molecule has 170 valence electrons. The van der Waals surface area contributed by atoms with Crippen molar-refractivity contribution in [1.82, 2.24) is 5.32 Å². The third-order valence-corrected chi connectivity index (χ3v) is 5.93. The van der Waals surface area contributed by atoms with Crippen molar-refractivity contribution in [1.29, 1.82) is 0 Å². The molecule has 0 aliphatic carbocycles. The highest BCUT2D eigenvalue weighted by molar-refractivity contribution is 7.80. The fourth-order valence-electron chi connectivity index (χ4n) is 3.51. The van der Waals surface area contributed by atoms with Crippen molar-refractivity contribution in [2.75, 3.05) is 11.5 Å². The second-order valence-electron chi connectivity index (χ2n) is 7.49. The van der Waals surface area contributed by atoms with Gasteiger partial charge in [-0.05, 0) is 80.5 Å². The molecular weight excluding hydrogens is 460 g/mol. The summed E-state index contributed by atoms with van der Waals surface area (Å²) >= 11 is 11.6. The number of hydrogen-bond donors (Lipinski definition) is 1. The molecule has 0 radical (unpaired) electrons. The smallest absolute Gasteiger partial charge is 0.281 e. The van der Waals surface area contributed by atoms with Gasteiger partial charge in [0.25, 0.3) is 5.91 Å². The molecule has 1 aliphatic rings. The predicted octanol–water partition coefficient (Wildman–Crippen LogP) is 5.79. The lowest BCUT2D eigenvalue weighted by Gasteiger charge is -2.17. The molecule has 0 spiro atoms. The lowest BCUT2D eigenvalue weighted by Crippen LogP contribution is -2.30. The molecule has 6 nitrogen and oxygen atoms in total. The zero-order chi connectivity index (χ0) is 23.5. The number of anilines is 1. The summed E-state index contributed by atoms with van der Waals surface area (Å²) in [5.41, 5.74) is 2.81. The van der Waals surface area contributed by atoms with Gasteiger partial charge in [-0.25, -0.2) is 4.90 Å². The van der Waals surface area contributed by atoms with E-state index in [9.17, 15) is 4.79 Å². The molecule has 2 aromatic carbocycles. The molecule has 0 unspecified atom stereocenters. The van der Waals surface area contributed by atoms with Crippen LogP contribution >= 0.6 is 23.8 Å². The van der Waals surface area contributed by atoms with Crippen molar-refractivity contribution in [2.45, 2.75) is 27.4 Å². The molecule has 0 bridgehead atoms. The molecule has 8 heteroatoms. The Hall–Kier alpha value is -3.29. The summed E-state index contributed by atoms with van der Waals surface area (Å²) in [6, 6.07) is 14.6. The quantitative estimate of drug-likeness (QED) is 0.339. The standard InChI is InChI=1S/C25H23ClN2O4S/c1-4-30-22-8-6-5-7-21(22)28-24(29)20(27-25(28)33)13-17-9-10-18(32-17)14-31-19-11-15(2)23(26)16(3)12-19/h5-13H,4,14H2,1-3H3,(H,27,33)/b20-13+. The van der Waals surface area contributed by atoms with Gasteiger partial charge in [0.2, 0.25) is 0 Å². The fraction of sp³-hybridized carbons (Fsp3) is 0.200. The highest BCUT2D eigenvalue weighted by atomic mass is 35.5. The summed E-state index contributed by atoms with van der Waals surface area (Å²) in [6.07, 6.45) is 1.62. The minimum Gasteiger partial charge on any atom is -0.492 e. The van der Waals surface area contributed by atoms with Crippen molar-refractivity contribution in [3.8, 4) is 11.5 Å². The Morgan fingerprint density at radius 1 is 1.12 bits per heavy atom. The van der Waals surface area contributed by atoms with E-state index in [0.717, 1.165) is 16.1 Å². The maximum Gasteiger partial charge on any atom is 0.281 e. The number of amides is 1. The van der Waals surface area contributed by atoms with Gasteiger partial charge in [0.05, 0.1) is 12.3 Å². The second kappa shape index (κ2) is 9.68. The first-order valence-corrected chi connectivity index (χ1v) is 11.2. The topological polar surface area (TPSA) is 63.9 Å². The van der Waals surface area contributed by atoms with Crippen molar-refractivity contribution in [2.24, 2.45) is 0 Å². The van der Waals surface area contributed by atoms with E-state index in [2.05, 4.69) is 5.32 Å². The number of aryl methyl sites for hydroxylation is 2. The number of halogens is 1. The molecule has 3 aromatic rings. The molecule has 1 aliphatic heterocycles. The average molecular weight is 483 g/mol. The van der Waals surface area contributed by atoms with E-state index >= 15 is 0 Å². The molecule has 2 heterocycles. The summed E-state index contributed by atoms with van der Waals surface area (Å²) in [6.45, 7) is 6.49. The average Bonchev–Trinajstić information content (AvgIpc) is 3.35. The number of para-hydroxylation sites is 2. The number of carbonyl (C=O) groups is 1. The van der Waals surface area contributed by atoms with E-state index < -0.39 is 0 Å². The molecule has 1 amide bonds. The Morgan fingerprint density at radius 2 is 1.85 bits per heavy atom. The second-order valence-corrected chi connectivity index (χ2v) is 8.26. The number of hydrogen-bond acceptors (Lipinski definition) is 5. The summed E-state index contributed by atoms with van der Waals surface area (Å²) in [5.74, 6) is 2.15. The Kier molecular flexibility index (Phi) is 6.72. The first-order valence-electron chi connectivity index (χ1n) is 10.4. The van der Waals surface area contributed by atoms with Gasteiger partial charge < -0.3 is 19.2 Å². The molecule has 0 saturated carbocycles. The highest BCUT2D eigenvalue weighted by Crippen LogP contribution is 2.32. The van der Waals surface area contributed by atoms with Crippen LogP contribution in [0.3, 0.4) is 0 Å². The van der Waals surface area contributed by atoms with Crippen LogP contribution < -0.4 is 19.7 Å². The third kappa shape index (κ3) is 4.89. The number of ether oxygens (including phenoxy) is 2. The van der Waals surface area contributed by atoms with E-state index in [0.29, 0.717) is 41.0 Å². The lowest BCUT2D eigenvalue weighted by atomic mass is 10.1. The fourth-order valence-corrected chi connectivity index (χ4v) is 3.91. The summed E-state index contributed by atoms with van der Waals surface area (Å²) in [7, 11) is 0. The Labute approximate surface area is 202 Å². The summed E-state index contributed by atoms with van der Waals surface area (Å²) in [5, 5.41) is 3.98. The maximum atomic E-state index is 13.1. The minimum absolute atomic E-state index is 0.247. The zero-order valence-corrected chi connectivity index (χ0v) is 20.0. The number of carbonyl (C=O) groups excluding carboxylic acids is 1. The molecule has 0 atom stereocenters. The number of benzene rings is 2. The molecule has 1 saturated heterocycles. The maximum absolute atomic E-state index is 13.1. The number of thiocarbonyl (C=S) groups is 1. The van der Waals surface area contributed by atoms with Gasteiger partial charge in [0, 0.05) is 11.1 Å². The molecule has 1 N–H and O–H groups in total. The van der Waals surface area contributed by atoms with Crippen LogP contribution in [0, 0.1) is 13.8 Å². The normalized spacial score (nSPS) is 14.7. The van der Waals surface area contributed by atoms with Gasteiger partial charge in [0.1, 0.15) is 35.3 Å². The number of rotatable bonds is 7. The first-order chi connectivity index (χ1) is 15.9. The van der Waals surface area contributed by atoms with E-state index in [-0.39, 0.29) is 17.6 Å². The lowest BCUT2D eigenvalue weighted by molar-refractivity contribution is -0.113. The zero-order valence-electron chi connectivity index (χ0n) is 18.5. The van der Waals surface area contributed by atoms with E-state index in [1.807, 2.05) is 51.1 Å². The van der Waals surface area contributed by atoms with Gasteiger partial charge >= 0.3 is 0 Å². The monoisotopic (exact) mass is 482 g/mol. The van der Waals surface area contributed by atoms with Crippen LogP contribution in [0.5, 0.6) is 11.5 Å². The molecule has 4 rings (SSSR count). The van der Waals surface area contributed by atoms with Gasteiger partial charge in [-0.3, -0.25) is 4.79 Å². The third-order valence-electron chi connectivity index (χ3n) is 5.04. The number of nitrogens with zero attached hydrogens (tertiary/aromatic N) is 1.